The van der Waals surface area contributed by atoms with Crippen molar-refractivity contribution in [3.63, 3.8) is 0 Å². The van der Waals surface area contributed by atoms with Crippen molar-refractivity contribution in [3.8, 4) is 0 Å². The van der Waals surface area contributed by atoms with Gasteiger partial charge in [0.15, 0.2) is 0 Å². The first-order valence-corrected chi connectivity index (χ1v) is 6.67. The first-order chi connectivity index (χ1) is 9.24. The molecule has 6 heteroatoms. The van der Waals surface area contributed by atoms with E-state index < -0.39 is 0 Å². The lowest BCUT2D eigenvalue weighted by Crippen LogP contribution is -2.11. The summed E-state index contributed by atoms with van der Waals surface area (Å²) in [7, 11) is 0. The average molecular weight is 364 g/mol. The molecule has 0 spiro atoms. The minimum atomic E-state index is -0.175. The number of anilines is 1. The summed E-state index contributed by atoms with van der Waals surface area (Å²) in [5, 5.41) is 10.9. The van der Waals surface area contributed by atoms with Crippen LogP contribution in [0.4, 0.5) is 5.69 Å². The van der Waals surface area contributed by atoms with Gasteiger partial charge >= 0.3 is 0 Å². The van der Waals surface area contributed by atoms with Gasteiger partial charge in [0, 0.05) is 23.5 Å². The zero-order valence-corrected chi connectivity index (χ0v) is 11.9. The minimum absolute atomic E-state index is 0.175. The van der Waals surface area contributed by atoms with E-state index in [1.54, 1.807) is 18.3 Å². The van der Waals surface area contributed by atoms with Crippen LogP contribution in [0.25, 0.3) is 10.9 Å². The highest BCUT2D eigenvalue weighted by Crippen LogP contribution is 2.22. The number of hydrogen-bond acceptors (Lipinski definition) is 3. The van der Waals surface area contributed by atoms with Gasteiger partial charge in [-0.25, -0.2) is 0 Å². The molecule has 2 N–H and O–H groups in total. The molecule has 0 bridgehead atoms. The molecule has 0 saturated heterocycles. The molecule has 0 atom stereocenters. The van der Waals surface area contributed by atoms with Gasteiger partial charge in [-0.2, -0.15) is 5.10 Å². The van der Waals surface area contributed by atoms with E-state index in [4.69, 9.17) is 0 Å². The third-order valence-corrected chi connectivity index (χ3v) is 3.52. The van der Waals surface area contributed by atoms with Gasteiger partial charge in [-0.15, -0.1) is 0 Å². The van der Waals surface area contributed by atoms with E-state index in [9.17, 15) is 4.79 Å². The molecule has 0 fully saturated rings. The van der Waals surface area contributed by atoms with Crippen LogP contribution >= 0.6 is 22.6 Å². The van der Waals surface area contributed by atoms with Gasteiger partial charge in [-0.05, 0) is 52.9 Å². The number of nitrogens with one attached hydrogen (secondary N) is 2. The number of fused-ring (bicyclic) bond motifs is 1. The van der Waals surface area contributed by atoms with Gasteiger partial charge in [-0.3, -0.25) is 14.9 Å². The maximum Gasteiger partial charge on any atom is 0.257 e. The van der Waals surface area contributed by atoms with Crippen molar-refractivity contribution in [2.75, 3.05) is 5.32 Å². The van der Waals surface area contributed by atoms with Crippen molar-refractivity contribution in [1.29, 1.82) is 0 Å². The smallest absolute Gasteiger partial charge is 0.257 e. The van der Waals surface area contributed by atoms with E-state index in [0.717, 1.165) is 20.3 Å². The Labute approximate surface area is 122 Å². The highest BCUT2D eigenvalue weighted by Gasteiger charge is 2.08. The predicted molar refractivity (Wildman–Crippen MR) is 81.0 cm³/mol. The number of halogens is 1. The monoisotopic (exact) mass is 364 g/mol. The Kier molecular flexibility index (Phi) is 3.16. The Morgan fingerprint density at radius 3 is 3.00 bits per heavy atom. The predicted octanol–water partition coefficient (Wildman–Crippen LogP) is 2.81. The van der Waals surface area contributed by atoms with Crippen molar-refractivity contribution in [2.24, 2.45) is 0 Å². The maximum absolute atomic E-state index is 12.0. The molecular formula is C13H9IN4O. The number of hydrogen-bond donors (Lipinski definition) is 2. The fourth-order valence-electron chi connectivity index (χ4n) is 1.76. The molecule has 2 heterocycles. The molecule has 0 radical (unpaired) electrons. The normalized spacial score (nSPS) is 10.6. The number of H-pyrrole nitrogens is 1. The third-order valence-electron chi connectivity index (χ3n) is 2.70. The van der Waals surface area contributed by atoms with E-state index in [2.05, 4.69) is 43.1 Å². The van der Waals surface area contributed by atoms with Gasteiger partial charge in [0.05, 0.1) is 11.1 Å². The molecule has 0 aliphatic heterocycles. The summed E-state index contributed by atoms with van der Waals surface area (Å²) >= 11 is 2.15. The summed E-state index contributed by atoms with van der Waals surface area (Å²) in [5.74, 6) is -0.175. The number of aromatic amines is 1. The van der Waals surface area contributed by atoms with Crippen LogP contribution in [0, 0.1) is 3.70 Å². The molecule has 0 saturated carbocycles. The van der Waals surface area contributed by atoms with Gasteiger partial charge < -0.3 is 5.32 Å². The topological polar surface area (TPSA) is 70.7 Å². The molecule has 3 aromatic rings. The second-order valence-electron chi connectivity index (χ2n) is 3.97. The molecule has 0 unspecified atom stereocenters. The van der Waals surface area contributed by atoms with Gasteiger partial charge in [0.1, 0.15) is 3.70 Å². The number of carbonyl (C=O) groups excluding carboxylic acids is 1. The van der Waals surface area contributed by atoms with E-state index >= 15 is 0 Å². The second-order valence-corrected chi connectivity index (χ2v) is 4.99. The van der Waals surface area contributed by atoms with Crippen LogP contribution in [0.1, 0.15) is 10.4 Å². The molecule has 2 aromatic heterocycles. The average Bonchev–Trinajstić information content (AvgIpc) is 2.81. The summed E-state index contributed by atoms with van der Waals surface area (Å²) in [5.41, 5.74) is 2.22. The highest BCUT2D eigenvalue weighted by molar-refractivity contribution is 14.1. The molecule has 94 valence electrons. The highest BCUT2D eigenvalue weighted by atomic mass is 127. The number of aromatic nitrogens is 3. The van der Waals surface area contributed by atoms with Crippen molar-refractivity contribution in [3.05, 3.63) is 52.0 Å². The Morgan fingerprint density at radius 1 is 1.32 bits per heavy atom. The number of pyridine rings is 1. The van der Waals surface area contributed by atoms with E-state index in [1.165, 1.54) is 6.20 Å². The van der Waals surface area contributed by atoms with Crippen LogP contribution in [0.2, 0.25) is 0 Å². The number of amides is 1. The fraction of sp³-hybridized carbons (Fsp3) is 0. The Hall–Kier alpha value is -1.96. The van der Waals surface area contributed by atoms with E-state index in [1.807, 2.05) is 18.2 Å². The fourth-order valence-corrected chi connectivity index (χ4v) is 2.33. The van der Waals surface area contributed by atoms with Crippen LogP contribution in [0.5, 0.6) is 0 Å². The minimum Gasteiger partial charge on any atom is -0.322 e. The molecule has 0 aliphatic carbocycles. The van der Waals surface area contributed by atoms with Crippen molar-refractivity contribution in [2.45, 2.75) is 0 Å². The van der Waals surface area contributed by atoms with Crippen LogP contribution in [-0.2, 0) is 0 Å². The van der Waals surface area contributed by atoms with Crippen molar-refractivity contribution < 1.29 is 4.79 Å². The standard InChI is InChI=1S/C13H9IN4O/c14-12-10-6-9(3-4-11(10)17-18-12)16-13(19)8-2-1-5-15-7-8/h1-7H,(H,16,19)(H,17,18). The zero-order valence-electron chi connectivity index (χ0n) is 9.72. The van der Waals surface area contributed by atoms with Gasteiger partial charge in [0.2, 0.25) is 0 Å². The maximum atomic E-state index is 12.0. The van der Waals surface area contributed by atoms with E-state index in [-0.39, 0.29) is 5.91 Å². The summed E-state index contributed by atoms with van der Waals surface area (Å²) in [6.07, 6.45) is 3.17. The number of carbonyl (C=O) groups is 1. The number of rotatable bonds is 2. The summed E-state index contributed by atoms with van der Waals surface area (Å²) < 4.78 is 0.880. The SMILES string of the molecule is O=C(Nc1ccc2[nH]nc(I)c2c1)c1cccnc1. The molecule has 0 aliphatic rings. The molecule has 19 heavy (non-hydrogen) atoms. The lowest BCUT2D eigenvalue weighted by Gasteiger charge is -2.04. The van der Waals surface area contributed by atoms with Gasteiger partial charge in [-0.1, -0.05) is 0 Å². The molecular weight excluding hydrogens is 355 g/mol. The lowest BCUT2D eigenvalue weighted by molar-refractivity contribution is 0.102. The molecule has 1 aromatic carbocycles. The summed E-state index contributed by atoms with van der Waals surface area (Å²) in [6, 6.07) is 9.09. The van der Waals surface area contributed by atoms with Crippen molar-refractivity contribution in [1.82, 2.24) is 15.2 Å². The summed E-state index contributed by atoms with van der Waals surface area (Å²) in [6.45, 7) is 0. The summed E-state index contributed by atoms with van der Waals surface area (Å²) in [4.78, 5) is 15.9. The Balaban J connectivity index is 1.89. The third kappa shape index (κ3) is 2.43. The second kappa shape index (κ2) is 4.96. The van der Waals surface area contributed by atoms with Crippen LogP contribution < -0.4 is 5.32 Å². The van der Waals surface area contributed by atoms with Gasteiger partial charge in [0.25, 0.3) is 5.91 Å². The molecule has 1 amide bonds. The quantitative estimate of drug-likeness (QED) is 0.687. The number of benzene rings is 1. The van der Waals surface area contributed by atoms with Crippen LogP contribution in [0.15, 0.2) is 42.7 Å². The largest absolute Gasteiger partial charge is 0.322 e. The van der Waals surface area contributed by atoms with Crippen LogP contribution in [-0.4, -0.2) is 21.1 Å². The lowest BCUT2D eigenvalue weighted by atomic mass is 10.2. The van der Waals surface area contributed by atoms with E-state index in [0.29, 0.717) is 5.56 Å². The number of nitrogens with zero attached hydrogens (tertiary/aromatic N) is 2. The molecule has 5 nitrogen and oxygen atoms in total. The van der Waals surface area contributed by atoms with Crippen LogP contribution in [0.3, 0.4) is 0 Å². The first kappa shape index (κ1) is 12.1. The van der Waals surface area contributed by atoms with Crippen molar-refractivity contribution >= 4 is 45.1 Å². The zero-order chi connectivity index (χ0) is 13.2. The first-order valence-electron chi connectivity index (χ1n) is 5.59. The Morgan fingerprint density at radius 2 is 2.21 bits per heavy atom. The molecule has 3 rings (SSSR count). The Bertz CT molecular complexity index is 739.